The zero-order valence-corrected chi connectivity index (χ0v) is 9.15. The molecule has 13 heavy (non-hydrogen) atoms. The summed E-state index contributed by atoms with van der Waals surface area (Å²) in [7, 11) is 1.95. The molecule has 1 aromatic rings. The van der Waals surface area contributed by atoms with Crippen LogP contribution in [0.2, 0.25) is 10.0 Å². The molecule has 0 spiro atoms. The number of hydrogen-bond donors (Lipinski definition) is 1. The van der Waals surface area contributed by atoms with Crippen LogP contribution >= 0.6 is 23.2 Å². The minimum atomic E-state index is 0.493. The molecule has 72 valence electrons. The molecule has 1 rings (SSSR count). The molecular weight excluding hydrogens is 207 g/mol. The van der Waals surface area contributed by atoms with Crippen molar-refractivity contribution < 1.29 is 0 Å². The van der Waals surface area contributed by atoms with E-state index in [0.717, 1.165) is 12.2 Å². The van der Waals surface area contributed by atoms with Crippen LogP contribution in [-0.2, 0) is 0 Å². The van der Waals surface area contributed by atoms with Crippen molar-refractivity contribution in [1.82, 2.24) is 0 Å². The van der Waals surface area contributed by atoms with Crippen LogP contribution in [0.25, 0.3) is 0 Å². The van der Waals surface area contributed by atoms with Gasteiger partial charge in [0.25, 0.3) is 0 Å². The Morgan fingerprint density at radius 2 is 1.85 bits per heavy atom. The molecule has 0 atom stereocenters. The number of anilines is 2. The Bertz CT molecular complexity index is 313. The van der Waals surface area contributed by atoms with Gasteiger partial charge in [-0.25, -0.2) is 0 Å². The second kappa shape index (κ2) is 4.07. The lowest BCUT2D eigenvalue weighted by atomic mass is 10.2. The van der Waals surface area contributed by atoms with E-state index < -0.39 is 0 Å². The first-order chi connectivity index (χ1) is 6.06. The van der Waals surface area contributed by atoms with Gasteiger partial charge < -0.3 is 10.6 Å². The molecule has 0 unspecified atom stereocenters. The Hall–Kier alpha value is -0.600. The van der Waals surface area contributed by atoms with E-state index in [0.29, 0.717) is 15.7 Å². The van der Waals surface area contributed by atoms with E-state index in [1.54, 1.807) is 12.1 Å². The van der Waals surface area contributed by atoms with Crippen molar-refractivity contribution in [3.8, 4) is 0 Å². The zero-order chi connectivity index (χ0) is 10.0. The van der Waals surface area contributed by atoms with Crippen LogP contribution in [0.4, 0.5) is 11.4 Å². The van der Waals surface area contributed by atoms with Crippen LogP contribution in [0.5, 0.6) is 0 Å². The van der Waals surface area contributed by atoms with Crippen molar-refractivity contribution in [2.24, 2.45) is 0 Å². The largest absolute Gasteiger partial charge is 0.397 e. The normalized spacial score (nSPS) is 10.2. The monoisotopic (exact) mass is 218 g/mol. The Morgan fingerprint density at radius 3 is 2.38 bits per heavy atom. The van der Waals surface area contributed by atoms with Gasteiger partial charge in [-0.05, 0) is 19.1 Å². The van der Waals surface area contributed by atoms with Gasteiger partial charge in [-0.3, -0.25) is 0 Å². The maximum atomic E-state index is 5.87. The molecule has 0 heterocycles. The van der Waals surface area contributed by atoms with E-state index in [-0.39, 0.29) is 0 Å². The Labute approximate surface area is 88.2 Å². The maximum absolute atomic E-state index is 5.87. The van der Waals surface area contributed by atoms with Crippen molar-refractivity contribution in [1.29, 1.82) is 0 Å². The molecule has 0 fully saturated rings. The number of halogens is 2. The van der Waals surface area contributed by atoms with Crippen LogP contribution in [0.1, 0.15) is 6.92 Å². The number of benzene rings is 1. The van der Waals surface area contributed by atoms with Gasteiger partial charge in [0.15, 0.2) is 0 Å². The SMILES string of the molecule is CCN(C)c1cc(Cl)c(Cl)cc1N. The fraction of sp³-hybridized carbons (Fsp3) is 0.333. The van der Waals surface area contributed by atoms with E-state index in [2.05, 4.69) is 0 Å². The molecule has 2 nitrogen and oxygen atoms in total. The third-order valence-corrected chi connectivity index (χ3v) is 2.68. The lowest BCUT2D eigenvalue weighted by Crippen LogP contribution is -2.17. The van der Waals surface area contributed by atoms with Crippen molar-refractivity contribution in [3.63, 3.8) is 0 Å². The summed E-state index contributed by atoms with van der Waals surface area (Å²) in [6.45, 7) is 2.92. The number of nitrogens with zero attached hydrogens (tertiary/aromatic N) is 1. The first kappa shape index (κ1) is 10.5. The average Bonchev–Trinajstić information content (AvgIpc) is 2.10. The minimum absolute atomic E-state index is 0.493. The Morgan fingerprint density at radius 1 is 1.31 bits per heavy atom. The molecule has 0 aliphatic rings. The molecule has 0 saturated heterocycles. The van der Waals surface area contributed by atoms with E-state index in [1.165, 1.54) is 0 Å². The molecule has 2 N–H and O–H groups in total. The summed E-state index contributed by atoms with van der Waals surface area (Å²) in [4.78, 5) is 2.01. The van der Waals surface area contributed by atoms with Crippen molar-refractivity contribution >= 4 is 34.6 Å². The van der Waals surface area contributed by atoms with E-state index >= 15 is 0 Å². The van der Waals surface area contributed by atoms with Crippen LogP contribution in [0.3, 0.4) is 0 Å². The molecule has 0 radical (unpaired) electrons. The summed E-state index contributed by atoms with van der Waals surface area (Å²) < 4.78 is 0. The lowest BCUT2D eigenvalue weighted by Gasteiger charge is -2.19. The summed E-state index contributed by atoms with van der Waals surface area (Å²) in [5, 5.41) is 1.03. The molecule has 4 heteroatoms. The standard InChI is InChI=1S/C9H12Cl2N2/c1-3-13(2)9-5-7(11)6(10)4-8(9)12/h4-5H,3,12H2,1-2H3. The summed E-state index contributed by atoms with van der Waals surface area (Å²) in [6.07, 6.45) is 0. The van der Waals surface area contributed by atoms with Crippen LogP contribution in [0.15, 0.2) is 12.1 Å². The Kier molecular flexibility index (Phi) is 3.28. The highest BCUT2D eigenvalue weighted by Crippen LogP contribution is 2.32. The molecule has 0 bridgehead atoms. The number of nitrogens with two attached hydrogens (primary N) is 1. The second-order valence-electron chi connectivity index (χ2n) is 2.84. The quantitative estimate of drug-likeness (QED) is 0.774. The number of nitrogen functional groups attached to an aromatic ring is 1. The topological polar surface area (TPSA) is 29.3 Å². The summed E-state index contributed by atoms with van der Waals surface area (Å²) in [6, 6.07) is 3.45. The van der Waals surface area contributed by atoms with Gasteiger partial charge in [-0.15, -0.1) is 0 Å². The average molecular weight is 219 g/mol. The van der Waals surface area contributed by atoms with Gasteiger partial charge in [0.05, 0.1) is 21.4 Å². The van der Waals surface area contributed by atoms with Gasteiger partial charge >= 0.3 is 0 Å². The van der Waals surface area contributed by atoms with Gasteiger partial charge in [0.2, 0.25) is 0 Å². The molecular formula is C9H12Cl2N2. The van der Waals surface area contributed by atoms with E-state index in [4.69, 9.17) is 28.9 Å². The third kappa shape index (κ3) is 2.20. The Balaban J connectivity index is 3.15. The zero-order valence-electron chi connectivity index (χ0n) is 7.64. The molecule has 0 aromatic heterocycles. The summed E-state index contributed by atoms with van der Waals surface area (Å²) in [5.41, 5.74) is 7.35. The predicted octanol–water partition coefficient (Wildman–Crippen LogP) is 3.03. The molecule has 0 saturated carbocycles. The number of rotatable bonds is 2. The maximum Gasteiger partial charge on any atom is 0.0614 e. The first-order valence-electron chi connectivity index (χ1n) is 4.02. The van der Waals surface area contributed by atoms with Gasteiger partial charge in [0, 0.05) is 13.6 Å². The van der Waals surface area contributed by atoms with Gasteiger partial charge in [-0.2, -0.15) is 0 Å². The molecule has 0 amide bonds. The van der Waals surface area contributed by atoms with Crippen molar-refractivity contribution in [3.05, 3.63) is 22.2 Å². The van der Waals surface area contributed by atoms with Gasteiger partial charge in [-0.1, -0.05) is 23.2 Å². The lowest BCUT2D eigenvalue weighted by molar-refractivity contribution is 0.970. The van der Waals surface area contributed by atoms with Crippen molar-refractivity contribution in [2.75, 3.05) is 24.2 Å². The van der Waals surface area contributed by atoms with Crippen molar-refractivity contribution in [2.45, 2.75) is 6.92 Å². The molecule has 0 aliphatic carbocycles. The fourth-order valence-electron chi connectivity index (χ4n) is 1.05. The summed E-state index contributed by atoms with van der Waals surface area (Å²) >= 11 is 11.7. The predicted molar refractivity (Wildman–Crippen MR) is 59.8 cm³/mol. The first-order valence-corrected chi connectivity index (χ1v) is 4.77. The highest BCUT2D eigenvalue weighted by Gasteiger charge is 2.07. The molecule has 0 aliphatic heterocycles. The smallest absolute Gasteiger partial charge is 0.0614 e. The van der Waals surface area contributed by atoms with Crippen LogP contribution in [0, 0.1) is 0 Å². The summed E-state index contributed by atoms with van der Waals surface area (Å²) in [5.74, 6) is 0. The van der Waals surface area contributed by atoms with E-state index in [1.807, 2.05) is 18.9 Å². The highest BCUT2D eigenvalue weighted by atomic mass is 35.5. The number of hydrogen-bond acceptors (Lipinski definition) is 2. The van der Waals surface area contributed by atoms with Gasteiger partial charge in [0.1, 0.15) is 0 Å². The fourth-order valence-corrected chi connectivity index (χ4v) is 1.38. The minimum Gasteiger partial charge on any atom is -0.397 e. The van der Waals surface area contributed by atoms with Crippen LogP contribution in [-0.4, -0.2) is 13.6 Å². The third-order valence-electron chi connectivity index (χ3n) is 1.96. The molecule has 1 aromatic carbocycles. The highest BCUT2D eigenvalue weighted by molar-refractivity contribution is 6.42. The second-order valence-corrected chi connectivity index (χ2v) is 3.65. The van der Waals surface area contributed by atoms with E-state index in [9.17, 15) is 0 Å². The van der Waals surface area contributed by atoms with Crippen LogP contribution < -0.4 is 10.6 Å².